The molecule has 0 saturated heterocycles. The largest absolute Gasteiger partial charge is 0.317 e. The molecule has 0 unspecified atom stereocenters. The average Bonchev–Trinajstić information content (AvgIpc) is 2.40. The molecule has 0 spiro atoms. The topological polar surface area (TPSA) is 0 Å². The van der Waals surface area contributed by atoms with E-state index in [1.165, 1.54) is 37.7 Å². The van der Waals surface area contributed by atoms with Crippen molar-refractivity contribution in [1.29, 1.82) is 0 Å². The first-order valence-corrected chi connectivity index (χ1v) is 7.10. The molecular formula is C17H26N+. The predicted octanol–water partition coefficient (Wildman–Crippen LogP) is 4.15. The molecule has 1 aromatic rings. The van der Waals surface area contributed by atoms with E-state index in [0.29, 0.717) is 0 Å². The van der Waals surface area contributed by atoms with E-state index < -0.39 is 0 Å². The molecule has 0 heterocycles. The summed E-state index contributed by atoms with van der Waals surface area (Å²) in [4.78, 5) is 0. The molecule has 0 radical (unpaired) electrons. The van der Waals surface area contributed by atoms with E-state index in [9.17, 15) is 0 Å². The molecule has 1 aromatic carbocycles. The van der Waals surface area contributed by atoms with Gasteiger partial charge in [-0.25, -0.2) is 0 Å². The van der Waals surface area contributed by atoms with Gasteiger partial charge in [-0.2, -0.15) is 0 Å². The first-order valence-electron chi connectivity index (χ1n) is 7.10. The Morgan fingerprint density at radius 2 is 1.72 bits per heavy atom. The summed E-state index contributed by atoms with van der Waals surface area (Å²) in [6.45, 7) is 5.24. The number of nitrogens with zero attached hydrogens (tertiary/aromatic N) is 1. The Kier molecular flexibility index (Phi) is 3.91. The van der Waals surface area contributed by atoms with Gasteiger partial charge in [0.1, 0.15) is 12.1 Å². The lowest BCUT2D eigenvalue weighted by atomic mass is 9.78. The lowest BCUT2D eigenvalue weighted by molar-refractivity contribution is -0.948. The molecule has 1 aliphatic rings. The van der Waals surface area contributed by atoms with Crippen LogP contribution in [0.5, 0.6) is 0 Å². The van der Waals surface area contributed by atoms with Gasteiger partial charge in [0.15, 0.2) is 0 Å². The molecule has 0 amide bonds. The van der Waals surface area contributed by atoms with Crippen molar-refractivity contribution < 1.29 is 4.48 Å². The molecule has 1 fully saturated rings. The van der Waals surface area contributed by atoms with Crippen molar-refractivity contribution in [2.75, 3.05) is 14.1 Å². The summed E-state index contributed by atoms with van der Waals surface area (Å²) in [6.07, 6.45) is 8.90. The Morgan fingerprint density at radius 3 is 2.28 bits per heavy atom. The summed E-state index contributed by atoms with van der Waals surface area (Å²) in [5.41, 5.74) is 1.70. The zero-order chi connectivity index (χ0) is 13.1. The zero-order valence-electron chi connectivity index (χ0n) is 11.9. The van der Waals surface area contributed by atoms with E-state index in [1.54, 1.807) is 0 Å². The molecule has 0 N–H and O–H groups in total. The van der Waals surface area contributed by atoms with Crippen LogP contribution in [-0.2, 0) is 6.54 Å². The molecule has 1 nitrogen and oxygen atoms in total. The van der Waals surface area contributed by atoms with Crippen molar-refractivity contribution in [2.45, 2.75) is 44.2 Å². The van der Waals surface area contributed by atoms with Crippen LogP contribution < -0.4 is 0 Å². The van der Waals surface area contributed by atoms with Crippen LogP contribution in [0, 0.1) is 0 Å². The molecule has 0 bridgehead atoms. The van der Waals surface area contributed by atoms with Crippen LogP contribution in [-0.4, -0.2) is 24.1 Å². The third-order valence-electron chi connectivity index (χ3n) is 4.73. The molecule has 18 heavy (non-hydrogen) atoms. The molecule has 0 aromatic heterocycles. The van der Waals surface area contributed by atoms with Gasteiger partial charge in [0.25, 0.3) is 0 Å². The maximum atomic E-state index is 4.15. The van der Waals surface area contributed by atoms with Crippen LogP contribution in [0.1, 0.15) is 37.7 Å². The van der Waals surface area contributed by atoms with E-state index in [1.807, 2.05) is 0 Å². The van der Waals surface area contributed by atoms with Gasteiger partial charge >= 0.3 is 0 Å². The Labute approximate surface area is 112 Å². The van der Waals surface area contributed by atoms with Crippen molar-refractivity contribution in [2.24, 2.45) is 0 Å². The molecule has 0 atom stereocenters. The molecule has 1 aliphatic carbocycles. The number of benzene rings is 1. The van der Waals surface area contributed by atoms with E-state index in [0.717, 1.165) is 11.0 Å². The van der Waals surface area contributed by atoms with Gasteiger partial charge in [0.2, 0.25) is 0 Å². The minimum Gasteiger partial charge on any atom is -0.317 e. The summed E-state index contributed by atoms with van der Waals surface area (Å²) in [6, 6.07) is 10.8. The number of hydrogen-bond acceptors (Lipinski definition) is 0. The zero-order valence-corrected chi connectivity index (χ0v) is 11.9. The normalized spacial score (nSPS) is 19.4. The van der Waals surface area contributed by atoms with E-state index in [4.69, 9.17) is 0 Å². The Balaban J connectivity index is 2.20. The second-order valence-corrected chi connectivity index (χ2v) is 6.20. The van der Waals surface area contributed by atoms with Crippen molar-refractivity contribution in [3.8, 4) is 0 Å². The van der Waals surface area contributed by atoms with Crippen LogP contribution in [0.15, 0.2) is 43.0 Å². The smallest absolute Gasteiger partial charge is 0.117 e. The number of quaternary nitrogens is 1. The molecule has 1 saturated carbocycles. The van der Waals surface area contributed by atoms with Gasteiger partial charge < -0.3 is 4.48 Å². The number of hydrogen-bond donors (Lipinski definition) is 0. The molecule has 1 heteroatoms. The SMILES string of the molecule is C=CC1([N+](C)(C)Cc2ccccc2)CCCCC1. The van der Waals surface area contributed by atoms with Gasteiger partial charge in [-0.1, -0.05) is 43.3 Å². The highest BCUT2D eigenvalue weighted by Crippen LogP contribution is 2.38. The van der Waals surface area contributed by atoms with Crippen molar-refractivity contribution >= 4 is 0 Å². The van der Waals surface area contributed by atoms with Crippen LogP contribution >= 0.6 is 0 Å². The molecule has 0 aliphatic heterocycles. The quantitative estimate of drug-likeness (QED) is 0.551. The van der Waals surface area contributed by atoms with E-state index >= 15 is 0 Å². The van der Waals surface area contributed by atoms with Crippen molar-refractivity contribution in [3.05, 3.63) is 48.6 Å². The first kappa shape index (κ1) is 13.4. The van der Waals surface area contributed by atoms with Crippen molar-refractivity contribution in [3.63, 3.8) is 0 Å². The highest BCUT2D eigenvalue weighted by Gasteiger charge is 2.43. The minimum atomic E-state index is 0.272. The second-order valence-electron chi connectivity index (χ2n) is 6.20. The van der Waals surface area contributed by atoms with Gasteiger partial charge in [-0.3, -0.25) is 0 Å². The van der Waals surface area contributed by atoms with Gasteiger partial charge in [0, 0.05) is 18.4 Å². The summed E-state index contributed by atoms with van der Waals surface area (Å²) < 4.78 is 1.03. The van der Waals surface area contributed by atoms with Crippen molar-refractivity contribution in [1.82, 2.24) is 0 Å². The average molecular weight is 244 g/mol. The minimum absolute atomic E-state index is 0.272. The predicted molar refractivity (Wildman–Crippen MR) is 78.3 cm³/mol. The highest BCUT2D eigenvalue weighted by atomic mass is 15.4. The summed E-state index contributed by atoms with van der Waals surface area (Å²) in [7, 11) is 4.72. The van der Waals surface area contributed by atoms with Gasteiger partial charge in [-0.05, 0) is 18.9 Å². The lowest BCUT2D eigenvalue weighted by Crippen LogP contribution is -2.58. The third kappa shape index (κ3) is 2.51. The van der Waals surface area contributed by atoms with E-state index in [2.05, 4.69) is 57.1 Å². The fourth-order valence-corrected chi connectivity index (χ4v) is 3.42. The maximum Gasteiger partial charge on any atom is 0.117 e. The van der Waals surface area contributed by atoms with Gasteiger partial charge in [0.05, 0.1) is 14.1 Å². The summed E-state index contributed by atoms with van der Waals surface area (Å²) in [5.74, 6) is 0. The highest BCUT2D eigenvalue weighted by molar-refractivity contribution is 5.14. The Bertz CT molecular complexity index is 385. The second kappa shape index (κ2) is 5.27. The molecule has 2 rings (SSSR count). The molecule has 98 valence electrons. The van der Waals surface area contributed by atoms with E-state index in [-0.39, 0.29) is 5.54 Å². The number of likely N-dealkylation sites (N-methyl/N-ethyl adjacent to an activating group) is 1. The summed E-state index contributed by atoms with van der Waals surface area (Å²) >= 11 is 0. The Morgan fingerprint density at radius 1 is 1.11 bits per heavy atom. The van der Waals surface area contributed by atoms with Gasteiger partial charge in [-0.15, -0.1) is 0 Å². The van der Waals surface area contributed by atoms with Crippen LogP contribution in [0.25, 0.3) is 0 Å². The Hall–Kier alpha value is -1.08. The van der Waals surface area contributed by atoms with Crippen LogP contribution in [0.4, 0.5) is 0 Å². The standard InChI is InChI=1S/C17H26N/c1-4-17(13-9-6-10-14-17)18(2,3)15-16-11-7-5-8-12-16/h4-5,7-8,11-12H,1,6,9-10,13-15H2,2-3H3/q+1. The summed E-state index contributed by atoms with van der Waals surface area (Å²) in [5, 5.41) is 0. The first-order chi connectivity index (χ1) is 8.60. The maximum absolute atomic E-state index is 4.15. The van der Waals surface area contributed by atoms with Crippen LogP contribution in [0.3, 0.4) is 0 Å². The third-order valence-corrected chi connectivity index (χ3v) is 4.73. The lowest BCUT2D eigenvalue weighted by Gasteiger charge is -2.49. The monoisotopic (exact) mass is 244 g/mol. The fourth-order valence-electron chi connectivity index (χ4n) is 3.42. The number of rotatable bonds is 4. The van der Waals surface area contributed by atoms with Crippen LogP contribution in [0.2, 0.25) is 0 Å². The fraction of sp³-hybridized carbons (Fsp3) is 0.529. The molecular weight excluding hydrogens is 218 g/mol.